The normalized spacial score (nSPS) is 18.2. The van der Waals surface area contributed by atoms with Crippen LogP contribution < -0.4 is 4.90 Å². The third-order valence-electron chi connectivity index (χ3n) is 3.41. The van der Waals surface area contributed by atoms with Gasteiger partial charge in [0.1, 0.15) is 0 Å². The first-order valence-corrected chi connectivity index (χ1v) is 6.51. The number of anilines is 1. The number of hydrogen-bond donors (Lipinski definition) is 1. The van der Waals surface area contributed by atoms with Crippen molar-refractivity contribution in [2.75, 3.05) is 18.0 Å². The number of nitrogens with one attached hydrogen (secondary N) is 1. The number of alkyl halides is 2. The van der Waals surface area contributed by atoms with Gasteiger partial charge in [-0.15, -0.1) is 0 Å². The summed E-state index contributed by atoms with van der Waals surface area (Å²) in [6.07, 6.45) is 3.13. The minimum atomic E-state index is -2.56. The Kier molecular flexibility index (Phi) is 3.11. The maximum Gasteiger partial charge on any atom is 0.251 e. The lowest BCUT2D eigenvalue weighted by Crippen LogP contribution is -2.40. The van der Waals surface area contributed by atoms with Crippen LogP contribution in [0.2, 0.25) is 0 Å². The molecule has 2 aromatic rings. The number of nitrogens with zero attached hydrogens (tertiary/aromatic N) is 4. The zero-order valence-corrected chi connectivity index (χ0v) is 11.1. The molecule has 1 N–H and O–H groups in total. The molecule has 106 valence electrons. The van der Waals surface area contributed by atoms with Gasteiger partial charge in [0.15, 0.2) is 0 Å². The third-order valence-corrected chi connectivity index (χ3v) is 3.41. The Hall–Kier alpha value is -2.05. The Morgan fingerprint density at radius 2 is 2.00 bits per heavy atom. The molecule has 0 bridgehead atoms. The molecule has 0 unspecified atom stereocenters. The summed E-state index contributed by atoms with van der Waals surface area (Å²) in [5, 5.41) is 6.63. The molecular formula is C13H15F2N5. The van der Waals surface area contributed by atoms with Crippen LogP contribution in [-0.4, -0.2) is 39.2 Å². The lowest BCUT2D eigenvalue weighted by Gasteiger charge is -2.31. The first-order chi connectivity index (χ1) is 9.53. The molecule has 3 heterocycles. The summed E-state index contributed by atoms with van der Waals surface area (Å²) >= 11 is 0. The van der Waals surface area contributed by atoms with Crippen LogP contribution in [0.1, 0.15) is 18.5 Å². The molecular weight excluding hydrogens is 264 g/mol. The Balaban J connectivity index is 1.87. The van der Waals surface area contributed by atoms with Gasteiger partial charge in [-0.05, 0) is 13.0 Å². The largest absolute Gasteiger partial charge is 0.340 e. The van der Waals surface area contributed by atoms with Crippen LogP contribution in [0.5, 0.6) is 0 Å². The van der Waals surface area contributed by atoms with Crippen molar-refractivity contribution in [3.63, 3.8) is 0 Å². The average Bonchev–Trinajstić information content (AvgIpc) is 2.91. The Morgan fingerprint density at radius 1 is 1.25 bits per heavy atom. The first kappa shape index (κ1) is 13.0. The molecule has 1 saturated heterocycles. The van der Waals surface area contributed by atoms with E-state index < -0.39 is 5.92 Å². The average molecular weight is 279 g/mol. The highest BCUT2D eigenvalue weighted by molar-refractivity contribution is 5.59. The van der Waals surface area contributed by atoms with E-state index in [2.05, 4.69) is 20.2 Å². The van der Waals surface area contributed by atoms with Crippen LogP contribution in [-0.2, 0) is 0 Å². The fourth-order valence-electron chi connectivity index (χ4n) is 2.27. The van der Waals surface area contributed by atoms with Crippen molar-refractivity contribution < 1.29 is 8.78 Å². The zero-order chi connectivity index (χ0) is 14.2. The van der Waals surface area contributed by atoms with Crippen molar-refractivity contribution in [3.8, 4) is 11.3 Å². The molecule has 0 atom stereocenters. The number of aromatic amines is 1. The van der Waals surface area contributed by atoms with Crippen LogP contribution in [0.3, 0.4) is 0 Å². The van der Waals surface area contributed by atoms with Crippen LogP contribution >= 0.6 is 0 Å². The highest BCUT2D eigenvalue weighted by atomic mass is 19.3. The van der Waals surface area contributed by atoms with Gasteiger partial charge in [0.25, 0.3) is 5.92 Å². The summed E-state index contributed by atoms with van der Waals surface area (Å²) in [6.45, 7) is 2.43. The monoisotopic (exact) mass is 279 g/mol. The van der Waals surface area contributed by atoms with Gasteiger partial charge in [0.05, 0.1) is 11.9 Å². The SMILES string of the molecule is Cc1cc(-c2cn[nH]c2)nc(N2CCC(F)(F)CC2)n1. The molecule has 20 heavy (non-hydrogen) atoms. The highest BCUT2D eigenvalue weighted by Crippen LogP contribution is 2.30. The van der Waals surface area contributed by atoms with Gasteiger partial charge < -0.3 is 4.90 Å². The quantitative estimate of drug-likeness (QED) is 0.917. The molecule has 0 amide bonds. The van der Waals surface area contributed by atoms with Gasteiger partial charge in [-0.1, -0.05) is 0 Å². The Bertz CT molecular complexity index is 587. The number of halogens is 2. The van der Waals surface area contributed by atoms with E-state index in [1.54, 1.807) is 12.4 Å². The molecule has 1 aliphatic rings. The van der Waals surface area contributed by atoms with Crippen molar-refractivity contribution in [1.82, 2.24) is 20.2 Å². The predicted molar refractivity (Wildman–Crippen MR) is 70.7 cm³/mol. The van der Waals surface area contributed by atoms with Crippen LogP contribution in [0.25, 0.3) is 11.3 Å². The van der Waals surface area contributed by atoms with E-state index in [9.17, 15) is 8.78 Å². The van der Waals surface area contributed by atoms with Gasteiger partial charge in [0.2, 0.25) is 5.95 Å². The van der Waals surface area contributed by atoms with E-state index in [0.29, 0.717) is 5.95 Å². The molecule has 1 fully saturated rings. The summed E-state index contributed by atoms with van der Waals surface area (Å²) < 4.78 is 26.4. The summed E-state index contributed by atoms with van der Waals surface area (Å²) in [6, 6.07) is 1.85. The van der Waals surface area contributed by atoms with Crippen molar-refractivity contribution in [3.05, 3.63) is 24.2 Å². The minimum absolute atomic E-state index is 0.147. The zero-order valence-electron chi connectivity index (χ0n) is 11.1. The summed E-state index contributed by atoms with van der Waals surface area (Å²) in [5.41, 5.74) is 2.42. The predicted octanol–water partition coefficient (Wildman–Crippen LogP) is 2.41. The molecule has 2 aromatic heterocycles. The maximum atomic E-state index is 13.2. The van der Waals surface area contributed by atoms with Gasteiger partial charge in [-0.3, -0.25) is 5.10 Å². The highest BCUT2D eigenvalue weighted by Gasteiger charge is 2.34. The second-order valence-electron chi connectivity index (χ2n) is 5.02. The van der Waals surface area contributed by atoms with Crippen molar-refractivity contribution >= 4 is 5.95 Å². The lowest BCUT2D eigenvalue weighted by molar-refractivity contribution is -0.0222. The second-order valence-corrected chi connectivity index (χ2v) is 5.02. The fourth-order valence-corrected chi connectivity index (χ4v) is 2.27. The number of piperidine rings is 1. The van der Waals surface area contributed by atoms with E-state index in [4.69, 9.17) is 0 Å². The molecule has 7 heteroatoms. The smallest absolute Gasteiger partial charge is 0.251 e. The second kappa shape index (κ2) is 4.81. The summed E-state index contributed by atoms with van der Waals surface area (Å²) in [5.74, 6) is -2.05. The maximum absolute atomic E-state index is 13.2. The lowest BCUT2D eigenvalue weighted by atomic mass is 10.1. The molecule has 1 aliphatic heterocycles. The van der Waals surface area contributed by atoms with E-state index >= 15 is 0 Å². The summed E-state index contributed by atoms with van der Waals surface area (Å²) in [7, 11) is 0. The molecule has 0 radical (unpaired) electrons. The fraction of sp³-hybridized carbons (Fsp3) is 0.462. The van der Waals surface area contributed by atoms with Crippen molar-refractivity contribution in [2.24, 2.45) is 0 Å². The number of H-pyrrole nitrogens is 1. The van der Waals surface area contributed by atoms with Crippen molar-refractivity contribution in [1.29, 1.82) is 0 Å². The number of aryl methyl sites for hydroxylation is 1. The van der Waals surface area contributed by atoms with Crippen LogP contribution in [0.15, 0.2) is 18.5 Å². The van der Waals surface area contributed by atoms with Gasteiger partial charge >= 0.3 is 0 Å². The molecule has 5 nitrogen and oxygen atoms in total. The van der Waals surface area contributed by atoms with Gasteiger partial charge in [-0.2, -0.15) is 5.10 Å². The number of hydrogen-bond acceptors (Lipinski definition) is 4. The topological polar surface area (TPSA) is 57.7 Å². The Morgan fingerprint density at radius 3 is 2.65 bits per heavy atom. The molecule has 0 saturated carbocycles. The van der Waals surface area contributed by atoms with Gasteiger partial charge in [0, 0.05) is 43.4 Å². The molecule has 0 spiro atoms. The van der Waals surface area contributed by atoms with E-state index in [-0.39, 0.29) is 25.9 Å². The standard InChI is InChI=1S/C13H15F2N5/c1-9-6-11(10-7-16-17-8-10)19-12(18-9)20-4-2-13(14,15)3-5-20/h6-8H,2-5H2,1H3,(H,16,17). The number of rotatable bonds is 2. The summed E-state index contributed by atoms with van der Waals surface area (Å²) in [4.78, 5) is 10.6. The number of aromatic nitrogens is 4. The van der Waals surface area contributed by atoms with Gasteiger partial charge in [-0.25, -0.2) is 18.7 Å². The molecule has 0 aromatic carbocycles. The first-order valence-electron chi connectivity index (χ1n) is 6.51. The third kappa shape index (κ3) is 2.61. The van der Waals surface area contributed by atoms with E-state index in [0.717, 1.165) is 17.0 Å². The van der Waals surface area contributed by atoms with Crippen LogP contribution in [0, 0.1) is 6.92 Å². The minimum Gasteiger partial charge on any atom is -0.340 e. The molecule has 3 rings (SSSR count). The Labute approximate surface area is 115 Å². The van der Waals surface area contributed by atoms with Crippen LogP contribution in [0.4, 0.5) is 14.7 Å². The van der Waals surface area contributed by atoms with Crippen molar-refractivity contribution in [2.45, 2.75) is 25.7 Å². The molecule has 0 aliphatic carbocycles. The van der Waals surface area contributed by atoms with E-state index in [1.165, 1.54) is 0 Å². The van der Waals surface area contributed by atoms with E-state index in [1.807, 2.05) is 17.9 Å².